The van der Waals surface area contributed by atoms with E-state index in [-0.39, 0.29) is 17.5 Å². The monoisotopic (exact) mass is 302 g/mol. The zero-order chi connectivity index (χ0) is 17.2. The number of Topliss-reactive ketones (excluding diaryl/α,β-unsaturated/α-hetero) is 2. The van der Waals surface area contributed by atoms with Crippen molar-refractivity contribution >= 4 is 11.6 Å². The molecule has 122 valence electrons. The molecule has 0 aliphatic heterocycles. The van der Waals surface area contributed by atoms with E-state index in [1.807, 2.05) is 6.07 Å². The van der Waals surface area contributed by atoms with Gasteiger partial charge in [-0.05, 0) is 54.4 Å². The quantitative estimate of drug-likeness (QED) is 0.516. The Kier molecular flexibility index (Phi) is 6.10. The van der Waals surface area contributed by atoms with Crippen LogP contribution in [0.3, 0.4) is 0 Å². The summed E-state index contributed by atoms with van der Waals surface area (Å²) in [6.07, 6.45) is 0. The molecule has 1 unspecified atom stereocenters. The number of hydrogen-bond acceptors (Lipinski definition) is 2. The average Bonchev–Trinajstić information content (AvgIpc) is 2.43. The number of carbonyl (C=O) groups is 2. The molecule has 0 bridgehead atoms. The molecular weight excluding hydrogens is 272 g/mol. The van der Waals surface area contributed by atoms with E-state index in [2.05, 4.69) is 47.6 Å². The van der Waals surface area contributed by atoms with Crippen LogP contribution < -0.4 is 0 Å². The molecule has 0 aromatic heterocycles. The van der Waals surface area contributed by atoms with Crippen molar-refractivity contribution in [2.75, 3.05) is 0 Å². The van der Waals surface area contributed by atoms with Crippen LogP contribution in [0.15, 0.2) is 12.1 Å². The molecule has 0 saturated carbocycles. The largest absolute Gasteiger partial charge is 0.299 e. The van der Waals surface area contributed by atoms with Gasteiger partial charge in [-0.3, -0.25) is 9.59 Å². The van der Waals surface area contributed by atoms with Crippen molar-refractivity contribution < 1.29 is 9.59 Å². The molecule has 0 heterocycles. The van der Waals surface area contributed by atoms with E-state index in [0.29, 0.717) is 11.8 Å². The summed E-state index contributed by atoms with van der Waals surface area (Å²) in [5, 5.41) is 0. The maximum Gasteiger partial charge on any atom is 0.173 e. The Morgan fingerprint density at radius 3 is 1.50 bits per heavy atom. The van der Waals surface area contributed by atoms with E-state index in [9.17, 15) is 9.59 Å². The van der Waals surface area contributed by atoms with Crippen molar-refractivity contribution in [3.05, 3.63) is 34.4 Å². The Labute approximate surface area is 135 Å². The molecule has 0 radical (unpaired) electrons. The lowest BCUT2D eigenvalue weighted by Gasteiger charge is -2.23. The first kappa shape index (κ1) is 18.6. The zero-order valence-corrected chi connectivity index (χ0v) is 15.3. The van der Waals surface area contributed by atoms with Crippen molar-refractivity contribution in [2.45, 2.75) is 73.1 Å². The number of hydrogen-bond donors (Lipinski definition) is 0. The van der Waals surface area contributed by atoms with E-state index in [4.69, 9.17) is 0 Å². The summed E-state index contributed by atoms with van der Waals surface area (Å²) < 4.78 is 0. The minimum atomic E-state index is -0.567. The van der Waals surface area contributed by atoms with Gasteiger partial charge in [0.1, 0.15) is 5.78 Å². The van der Waals surface area contributed by atoms with Gasteiger partial charge in [-0.15, -0.1) is 0 Å². The van der Waals surface area contributed by atoms with Gasteiger partial charge in [0.2, 0.25) is 0 Å². The molecule has 0 saturated heterocycles. The molecule has 0 spiro atoms. The van der Waals surface area contributed by atoms with Crippen LogP contribution in [-0.4, -0.2) is 11.6 Å². The van der Waals surface area contributed by atoms with Crippen LogP contribution in [-0.2, 0) is 4.79 Å². The summed E-state index contributed by atoms with van der Waals surface area (Å²) in [7, 11) is 0. The predicted molar refractivity (Wildman–Crippen MR) is 92.9 cm³/mol. The topological polar surface area (TPSA) is 34.1 Å². The Morgan fingerprint density at radius 1 is 0.727 bits per heavy atom. The van der Waals surface area contributed by atoms with Gasteiger partial charge >= 0.3 is 0 Å². The molecule has 22 heavy (non-hydrogen) atoms. The highest BCUT2D eigenvalue weighted by molar-refractivity contribution is 6.10. The molecule has 0 aliphatic rings. The molecular formula is C20H30O2. The summed E-state index contributed by atoms with van der Waals surface area (Å²) in [6.45, 7) is 16.1. The summed E-state index contributed by atoms with van der Waals surface area (Å²) in [6, 6.07) is 4.22. The number of carbonyl (C=O) groups excluding carboxylic acids is 2. The summed E-state index contributed by atoms with van der Waals surface area (Å²) in [5.74, 6) is 0.355. The van der Waals surface area contributed by atoms with Crippen LogP contribution in [0.25, 0.3) is 0 Å². The molecule has 1 atom stereocenters. The van der Waals surface area contributed by atoms with Crippen molar-refractivity contribution in [1.82, 2.24) is 0 Å². The smallest absolute Gasteiger partial charge is 0.173 e. The fourth-order valence-corrected chi connectivity index (χ4v) is 2.76. The van der Waals surface area contributed by atoms with Crippen LogP contribution in [0.5, 0.6) is 0 Å². The Balaban J connectivity index is 3.58. The third-order valence-corrected chi connectivity index (χ3v) is 4.39. The second-order valence-corrected chi connectivity index (χ2v) is 7.23. The van der Waals surface area contributed by atoms with Gasteiger partial charge in [0, 0.05) is 5.56 Å². The Morgan fingerprint density at radius 2 is 1.14 bits per heavy atom. The molecule has 0 amide bonds. The second-order valence-electron chi connectivity index (χ2n) is 7.23. The minimum absolute atomic E-state index is 0.0478. The maximum absolute atomic E-state index is 12.7. The fourth-order valence-electron chi connectivity index (χ4n) is 2.76. The highest BCUT2D eigenvalue weighted by atomic mass is 16.1. The molecule has 2 heteroatoms. The van der Waals surface area contributed by atoms with Crippen molar-refractivity contribution in [3.8, 4) is 0 Å². The molecule has 0 N–H and O–H groups in total. The Bertz CT molecular complexity index is 565. The molecule has 1 aromatic carbocycles. The second kappa shape index (κ2) is 7.21. The molecule has 1 aromatic rings. The first-order valence-corrected chi connectivity index (χ1v) is 8.30. The van der Waals surface area contributed by atoms with Gasteiger partial charge < -0.3 is 0 Å². The Hall–Kier alpha value is -1.44. The fraction of sp³-hybridized carbons (Fsp3) is 0.600. The van der Waals surface area contributed by atoms with Crippen LogP contribution in [0.2, 0.25) is 0 Å². The maximum atomic E-state index is 12.7. The van der Waals surface area contributed by atoms with Gasteiger partial charge in [0.25, 0.3) is 0 Å². The van der Waals surface area contributed by atoms with Crippen LogP contribution in [0, 0.1) is 5.92 Å². The highest BCUT2D eigenvalue weighted by Gasteiger charge is 2.25. The van der Waals surface area contributed by atoms with Gasteiger partial charge in [0.15, 0.2) is 5.78 Å². The van der Waals surface area contributed by atoms with E-state index in [1.165, 1.54) is 18.1 Å². The SMILES string of the molecule is CC(=O)C(C)C(=O)c1cc(C(C)C)c(C(C)C)cc1C(C)C. The third-order valence-electron chi connectivity index (χ3n) is 4.39. The summed E-state index contributed by atoms with van der Waals surface area (Å²) in [4.78, 5) is 24.4. The van der Waals surface area contributed by atoms with Crippen molar-refractivity contribution in [1.29, 1.82) is 0 Å². The van der Waals surface area contributed by atoms with Gasteiger partial charge in [-0.2, -0.15) is 0 Å². The van der Waals surface area contributed by atoms with E-state index >= 15 is 0 Å². The van der Waals surface area contributed by atoms with E-state index in [0.717, 1.165) is 11.1 Å². The lowest BCUT2D eigenvalue weighted by molar-refractivity contribution is -0.118. The highest BCUT2D eigenvalue weighted by Crippen LogP contribution is 2.33. The first-order valence-electron chi connectivity index (χ1n) is 8.30. The zero-order valence-electron chi connectivity index (χ0n) is 15.3. The third kappa shape index (κ3) is 3.85. The molecule has 2 nitrogen and oxygen atoms in total. The number of rotatable bonds is 6. The minimum Gasteiger partial charge on any atom is -0.299 e. The van der Waals surface area contributed by atoms with Crippen molar-refractivity contribution in [3.63, 3.8) is 0 Å². The first-order chi connectivity index (χ1) is 10.1. The van der Waals surface area contributed by atoms with E-state index in [1.54, 1.807) is 6.92 Å². The molecule has 0 aliphatic carbocycles. The van der Waals surface area contributed by atoms with E-state index < -0.39 is 5.92 Å². The van der Waals surface area contributed by atoms with Crippen LogP contribution in [0.1, 0.15) is 100 Å². The van der Waals surface area contributed by atoms with Gasteiger partial charge in [-0.25, -0.2) is 0 Å². The van der Waals surface area contributed by atoms with Crippen LogP contribution >= 0.6 is 0 Å². The average molecular weight is 302 g/mol. The lowest BCUT2D eigenvalue weighted by Crippen LogP contribution is -2.21. The van der Waals surface area contributed by atoms with Crippen molar-refractivity contribution in [2.24, 2.45) is 5.92 Å². The van der Waals surface area contributed by atoms with Crippen LogP contribution in [0.4, 0.5) is 0 Å². The summed E-state index contributed by atoms with van der Waals surface area (Å²) in [5.41, 5.74) is 4.32. The standard InChI is InChI=1S/C20H30O2/c1-11(2)16-9-18(13(5)6)19(10-17(16)12(3)4)20(22)14(7)15(8)21/h9-14H,1-8H3. The molecule has 0 fully saturated rings. The van der Waals surface area contributed by atoms with Gasteiger partial charge in [0.05, 0.1) is 5.92 Å². The lowest BCUT2D eigenvalue weighted by atomic mass is 9.81. The molecule has 1 rings (SSSR count). The van der Waals surface area contributed by atoms with Gasteiger partial charge in [-0.1, -0.05) is 47.6 Å². The summed E-state index contributed by atoms with van der Waals surface area (Å²) >= 11 is 0. The predicted octanol–water partition coefficient (Wildman–Crippen LogP) is 5.46. The normalized spacial score (nSPS) is 13.0. The number of benzene rings is 1. The number of ketones is 2.